The number of ether oxygens (including phenoxy) is 1. The van der Waals surface area contributed by atoms with Crippen LogP contribution in [0.1, 0.15) is 26.7 Å². The molecular weight excluding hydrogens is 268 g/mol. The van der Waals surface area contributed by atoms with Crippen molar-refractivity contribution >= 4 is 5.91 Å². The van der Waals surface area contributed by atoms with E-state index in [9.17, 15) is 18.7 Å². The highest BCUT2D eigenvalue weighted by Crippen LogP contribution is 2.16. The lowest BCUT2D eigenvalue weighted by molar-refractivity contribution is -0.127. The fraction of sp³-hybridized carbons (Fsp3) is 0.500. The Hall–Kier alpha value is -1.69. The molecule has 0 aromatic heterocycles. The summed E-state index contributed by atoms with van der Waals surface area (Å²) in [6.45, 7) is 3.69. The molecule has 6 heteroatoms. The van der Waals surface area contributed by atoms with E-state index in [1.807, 2.05) is 6.92 Å². The summed E-state index contributed by atoms with van der Waals surface area (Å²) in [4.78, 5) is 11.7. The molecule has 0 bridgehead atoms. The summed E-state index contributed by atoms with van der Waals surface area (Å²) in [6, 6.07) is 3.08. The fourth-order valence-corrected chi connectivity index (χ4v) is 1.52. The van der Waals surface area contributed by atoms with Gasteiger partial charge in [0.05, 0.1) is 6.10 Å². The molecule has 1 aromatic rings. The molecule has 1 aromatic carbocycles. The molecule has 0 saturated heterocycles. The van der Waals surface area contributed by atoms with Crippen molar-refractivity contribution in [2.24, 2.45) is 0 Å². The number of hydrogen-bond donors (Lipinski definition) is 2. The van der Waals surface area contributed by atoms with E-state index in [4.69, 9.17) is 4.74 Å². The summed E-state index contributed by atoms with van der Waals surface area (Å²) in [7, 11) is 0. The molecule has 4 nitrogen and oxygen atoms in total. The van der Waals surface area contributed by atoms with E-state index in [2.05, 4.69) is 5.32 Å². The Morgan fingerprint density at radius 1 is 1.40 bits per heavy atom. The molecule has 112 valence electrons. The highest BCUT2D eigenvalue weighted by molar-refractivity contribution is 5.80. The first-order valence-corrected chi connectivity index (χ1v) is 6.51. The number of aliphatic hydroxyl groups excluding tert-OH is 1. The average Bonchev–Trinajstić information content (AvgIpc) is 2.42. The number of nitrogens with one attached hydrogen (secondary N) is 1. The Kier molecular flexibility index (Phi) is 6.38. The molecule has 1 rings (SSSR count). The van der Waals surface area contributed by atoms with Gasteiger partial charge in [-0.1, -0.05) is 6.92 Å². The maximum atomic E-state index is 13.0. The van der Waals surface area contributed by atoms with Gasteiger partial charge in [-0.15, -0.1) is 0 Å². The Morgan fingerprint density at radius 3 is 2.70 bits per heavy atom. The summed E-state index contributed by atoms with van der Waals surface area (Å²) in [5.41, 5.74) is 0. The van der Waals surface area contributed by atoms with Crippen molar-refractivity contribution in [1.29, 1.82) is 0 Å². The molecule has 0 aliphatic carbocycles. The fourth-order valence-electron chi connectivity index (χ4n) is 1.52. The number of carbonyl (C=O) groups is 1. The van der Waals surface area contributed by atoms with Gasteiger partial charge >= 0.3 is 0 Å². The van der Waals surface area contributed by atoms with Crippen LogP contribution >= 0.6 is 0 Å². The Morgan fingerprint density at radius 2 is 2.10 bits per heavy atom. The third kappa shape index (κ3) is 5.13. The van der Waals surface area contributed by atoms with E-state index in [0.717, 1.165) is 12.1 Å². The highest BCUT2D eigenvalue weighted by Gasteiger charge is 2.15. The van der Waals surface area contributed by atoms with E-state index in [1.165, 1.54) is 13.0 Å². The van der Waals surface area contributed by atoms with Crippen molar-refractivity contribution in [3.63, 3.8) is 0 Å². The van der Waals surface area contributed by atoms with Crippen LogP contribution in [0.25, 0.3) is 0 Å². The third-order valence-corrected chi connectivity index (χ3v) is 2.82. The summed E-state index contributed by atoms with van der Waals surface area (Å²) in [5, 5.41) is 11.9. The van der Waals surface area contributed by atoms with Crippen LogP contribution in [0.3, 0.4) is 0 Å². The summed E-state index contributed by atoms with van der Waals surface area (Å²) < 4.78 is 30.9. The van der Waals surface area contributed by atoms with Crippen LogP contribution in [-0.2, 0) is 4.79 Å². The third-order valence-electron chi connectivity index (χ3n) is 2.82. The summed E-state index contributed by atoms with van der Waals surface area (Å²) >= 11 is 0. The number of amides is 1. The molecule has 20 heavy (non-hydrogen) atoms. The smallest absolute Gasteiger partial charge is 0.260 e. The van der Waals surface area contributed by atoms with Gasteiger partial charge in [-0.05, 0) is 31.9 Å². The lowest BCUT2D eigenvalue weighted by atomic mass is 10.2. The molecule has 2 unspecified atom stereocenters. The zero-order valence-electron chi connectivity index (χ0n) is 11.5. The molecule has 2 atom stereocenters. The van der Waals surface area contributed by atoms with Crippen LogP contribution in [0.2, 0.25) is 0 Å². The Labute approximate surface area is 116 Å². The quantitative estimate of drug-likeness (QED) is 0.806. The second kappa shape index (κ2) is 7.79. The second-order valence-corrected chi connectivity index (χ2v) is 4.48. The molecule has 0 radical (unpaired) electrons. The van der Waals surface area contributed by atoms with Gasteiger partial charge in [-0.2, -0.15) is 0 Å². The maximum absolute atomic E-state index is 13.0. The minimum absolute atomic E-state index is 0.0835. The molecule has 0 spiro atoms. The predicted molar refractivity (Wildman–Crippen MR) is 70.4 cm³/mol. The van der Waals surface area contributed by atoms with Gasteiger partial charge in [0, 0.05) is 12.6 Å². The second-order valence-electron chi connectivity index (χ2n) is 4.48. The Balaban J connectivity index is 2.43. The molecule has 0 aliphatic heterocycles. The predicted octanol–water partition coefficient (Wildman–Crippen LogP) is 2.01. The van der Waals surface area contributed by atoms with Gasteiger partial charge in [-0.3, -0.25) is 4.79 Å². The number of halogens is 2. The van der Waals surface area contributed by atoms with E-state index in [1.54, 1.807) is 0 Å². The SMILES string of the molecule is CCC(O)CCNC(=O)C(C)Oc1ccc(F)c(F)c1. The van der Waals surface area contributed by atoms with Crippen LogP contribution in [-0.4, -0.2) is 29.8 Å². The molecule has 0 fully saturated rings. The van der Waals surface area contributed by atoms with E-state index in [-0.39, 0.29) is 11.7 Å². The molecule has 0 heterocycles. The minimum Gasteiger partial charge on any atom is -0.481 e. The molecule has 0 saturated carbocycles. The standard InChI is InChI=1S/C14H19F2NO3/c1-3-10(18)6-7-17-14(19)9(2)20-11-4-5-12(15)13(16)8-11/h4-5,8-10,18H,3,6-7H2,1-2H3,(H,17,19). The molecular formula is C14H19F2NO3. The van der Waals surface area contributed by atoms with Gasteiger partial charge in [0.1, 0.15) is 5.75 Å². The first-order chi connectivity index (χ1) is 9.43. The van der Waals surface area contributed by atoms with Gasteiger partial charge in [0.2, 0.25) is 0 Å². The topological polar surface area (TPSA) is 58.6 Å². The first-order valence-electron chi connectivity index (χ1n) is 6.51. The van der Waals surface area contributed by atoms with Crippen molar-refractivity contribution in [2.75, 3.05) is 6.54 Å². The van der Waals surface area contributed by atoms with Crippen molar-refractivity contribution < 1.29 is 23.4 Å². The van der Waals surface area contributed by atoms with E-state index in [0.29, 0.717) is 19.4 Å². The normalized spacial score (nSPS) is 13.7. The van der Waals surface area contributed by atoms with Gasteiger partial charge in [0.15, 0.2) is 17.7 Å². The monoisotopic (exact) mass is 287 g/mol. The van der Waals surface area contributed by atoms with Crippen LogP contribution in [0, 0.1) is 11.6 Å². The number of carbonyl (C=O) groups excluding carboxylic acids is 1. The molecule has 1 amide bonds. The maximum Gasteiger partial charge on any atom is 0.260 e. The van der Waals surface area contributed by atoms with Crippen LogP contribution < -0.4 is 10.1 Å². The zero-order chi connectivity index (χ0) is 15.1. The molecule has 2 N–H and O–H groups in total. The first kappa shape index (κ1) is 16.4. The molecule has 0 aliphatic rings. The largest absolute Gasteiger partial charge is 0.481 e. The van der Waals surface area contributed by atoms with Crippen LogP contribution in [0.5, 0.6) is 5.75 Å². The number of rotatable bonds is 7. The van der Waals surface area contributed by atoms with Gasteiger partial charge in [0.25, 0.3) is 5.91 Å². The number of benzene rings is 1. The number of hydrogen-bond acceptors (Lipinski definition) is 3. The zero-order valence-corrected chi connectivity index (χ0v) is 11.5. The van der Waals surface area contributed by atoms with E-state index >= 15 is 0 Å². The van der Waals surface area contributed by atoms with Gasteiger partial charge < -0.3 is 15.2 Å². The summed E-state index contributed by atoms with van der Waals surface area (Å²) in [5.74, 6) is -2.29. The van der Waals surface area contributed by atoms with Crippen LogP contribution in [0.15, 0.2) is 18.2 Å². The minimum atomic E-state index is -1.03. The Bertz CT molecular complexity index is 454. The van der Waals surface area contributed by atoms with Gasteiger partial charge in [-0.25, -0.2) is 8.78 Å². The van der Waals surface area contributed by atoms with Crippen molar-refractivity contribution in [1.82, 2.24) is 5.32 Å². The van der Waals surface area contributed by atoms with Crippen molar-refractivity contribution in [3.8, 4) is 5.75 Å². The van der Waals surface area contributed by atoms with Crippen molar-refractivity contribution in [2.45, 2.75) is 38.9 Å². The van der Waals surface area contributed by atoms with E-state index < -0.39 is 23.8 Å². The lowest BCUT2D eigenvalue weighted by Crippen LogP contribution is -2.37. The van der Waals surface area contributed by atoms with Crippen LogP contribution in [0.4, 0.5) is 8.78 Å². The highest BCUT2D eigenvalue weighted by atomic mass is 19.2. The van der Waals surface area contributed by atoms with Crippen molar-refractivity contribution in [3.05, 3.63) is 29.8 Å². The lowest BCUT2D eigenvalue weighted by Gasteiger charge is -2.15. The number of aliphatic hydroxyl groups is 1. The average molecular weight is 287 g/mol. The summed E-state index contributed by atoms with van der Waals surface area (Å²) in [6.07, 6.45) is -0.201.